The summed E-state index contributed by atoms with van der Waals surface area (Å²) in [6.07, 6.45) is -5.89. The molecule has 0 saturated heterocycles. The van der Waals surface area contributed by atoms with Crippen molar-refractivity contribution in [3.05, 3.63) is 6.36 Å². The molecule has 0 spiro atoms. The summed E-state index contributed by atoms with van der Waals surface area (Å²) in [6, 6.07) is 0. The van der Waals surface area contributed by atoms with Gasteiger partial charge in [0.05, 0.1) is 0 Å². The van der Waals surface area contributed by atoms with E-state index in [0.717, 1.165) is 0 Å². The van der Waals surface area contributed by atoms with Crippen LogP contribution in [-0.4, -0.2) is 33.2 Å². The van der Waals surface area contributed by atoms with Gasteiger partial charge >= 0.3 is 12.1 Å². The van der Waals surface area contributed by atoms with E-state index in [9.17, 15) is 30.7 Å². The number of hydrogen-bond acceptors (Lipinski definition) is 2. The number of rotatable bonds is 2. The van der Waals surface area contributed by atoms with E-state index in [0.29, 0.717) is 0 Å². The van der Waals surface area contributed by atoms with Crippen molar-refractivity contribution < 1.29 is 72.9 Å². The van der Waals surface area contributed by atoms with Gasteiger partial charge in [-0.05, 0) is 6.36 Å². The maximum atomic E-state index is 11.1. The first kappa shape index (κ1) is 37.1. The van der Waals surface area contributed by atoms with Crippen LogP contribution in [0.15, 0.2) is 0 Å². The molecular formula is C10H22F7O2Y-. The second-order valence-electron chi connectivity index (χ2n) is 2.46. The summed E-state index contributed by atoms with van der Waals surface area (Å²) in [5.41, 5.74) is 0. The number of ether oxygens (including phenoxy) is 2. The average Bonchev–Trinajstić information content (AvgIpc) is 2.16. The maximum absolute atomic E-state index is 11.1. The van der Waals surface area contributed by atoms with Crippen LogP contribution in [0.4, 0.5) is 30.7 Å². The molecule has 0 rings (SSSR count). The molecular weight excluding hydrogens is 374 g/mol. The Labute approximate surface area is 141 Å². The van der Waals surface area contributed by atoms with Crippen LogP contribution in [0.5, 0.6) is 0 Å². The Bertz CT molecular complexity index is 147. The van der Waals surface area contributed by atoms with E-state index >= 15 is 0 Å². The smallest absolute Gasteiger partial charge is 0.452 e. The van der Waals surface area contributed by atoms with E-state index in [-0.39, 0.29) is 54.5 Å². The molecule has 0 atom stereocenters. The Kier molecular flexibility index (Phi) is 36.2. The molecule has 1 radical (unpaired) electrons. The monoisotopic (exact) mass is 396 g/mol. The first-order valence-corrected chi connectivity index (χ1v) is 3.96. The van der Waals surface area contributed by atoms with Gasteiger partial charge in [-0.2, -0.15) is 22.0 Å². The number of halogens is 7. The predicted octanol–water partition coefficient (Wildman–Crippen LogP) is 5.15. The zero-order chi connectivity index (χ0) is 14.7. The Hall–Kier alpha value is 0.534. The Morgan fingerprint density at radius 3 is 1.15 bits per heavy atom. The van der Waals surface area contributed by atoms with Crippen molar-refractivity contribution in [1.82, 2.24) is 0 Å². The summed E-state index contributed by atoms with van der Waals surface area (Å²) in [4.78, 5) is 0. The Morgan fingerprint density at radius 2 is 1.15 bits per heavy atom. The second-order valence-corrected chi connectivity index (χ2v) is 2.46. The Balaban J connectivity index is -0.0000000363. The van der Waals surface area contributed by atoms with Gasteiger partial charge in [0.15, 0.2) is 6.86 Å². The second kappa shape index (κ2) is 19.5. The molecule has 0 unspecified atom stereocenters. The predicted molar refractivity (Wildman–Crippen MR) is 60.2 cm³/mol. The molecule has 127 valence electrons. The molecule has 10 heteroatoms. The fraction of sp³-hybridized carbons (Fsp3) is 0.900. The van der Waals surface area contributed by atoms with Gasteiger partial charge in [-0.25, -0.2) is 4.39 Å². The van der Waals surface area contributed by atoms with Gasteiger partial charge in [0.1, 0.15) is 0 Å². The summed E-state index contributed by atoms with van der Waals surface area (Å²) < 4.78 is 84.1. The minimum absolute atomic E-state index is 0. The molecule has 0 heterocycles. The summed E-state index contributed by atoms with van der Waals surface area (Å²) in [5.74, 6) is -4.56. The molecule has 0 aromatic carbocycles. The number of methoxy groups -OCH3 is 2. The minimum atomic E-state index is -5.40. The van der Waals surface area contributed by atoms with Crippen molar-refractivity contribution in [2.75, 3.05) is 21.1 Å². The molecule has 0 aliphatic carbocycles. The van der Waals surface area contributed by atoms with Gasteiger partial charge in [0, 0.05) is 53.9 Å². The first-order chi connectivity index (χ1) is 7.43. The fourth-order valence-corrected chi connectivity index (χ4v) is 0. The van der Waals surface area contributed by atoms with Gasteiger partial charge in [-0.3, -0.25) is 0 Å². The van der Waals surface area contributed by atoms with Crippen LogP contribution in [0.25, 0.3) is 0 Å². The number of hydrogen-bond donors (Lipinski definition) is 0. The zero-order valence-corrected chi connectivity index (χ0v) is 13.1. The van der Waals surface area contributed by atoms with Crippen LogP contribution in [0, 0.1) is 6.36 Å². The van der Waals surface area contributed by atoms with Crippen LogP contribution < -0.4 is 0 Å². The van der Waals surface area contributed by atoms with E-state index in [1.165, 1.54) is 21.1 Å². The third kappa shape index (κ3) is 36.3. The molecule has 0 aromatic heterocycles. The minimum Gasteiger partial charge on any atom is -0.519 e. The molecule has 0 N–H and O–H groups in total. The zero-order valence-electron chi connectivity index (χ0n) is 10.2. The van der Waals surface area contributed by atoms with E-state index in [1.54, 1.807) is 0 Å². The fourth-order valence-electron chi connectivity index (χ4n) is 0. The van der Waals surface area contributed by atoms with Crippen molar-refractivity contribution in [2.24, 2.45) is 0 Å². The third-order valence-corrected chi connectivity index (χ3v) is 0.888. The van der Waals surface area contributed by atoms with E-state index in [1.807, 2.05) is 0 Å². The van der Waals surface area contributed by atoms with Gasteiger partial charge in [-0.15, -0.1) is 6.92 Å². The topological polar surface area (TPSA) is 18.5 Å². The van der Waals surface area contributed by atoms with E-state index in [2.05, 4.69) is 9.47 Å². The molecule has 2 nitrogen and oxygen atoms in total. The largest absolute Gasteiger partial charge is 0.519 e. The van der Waals surface area contributed by atoms with Crippen LogP contribution in [0.2, 0.25) is 0 Å². The number of alkyl halides is 6. The summed E-state index contributed by atoms with van der Waals surface area (Å²) in [7, 11) is 2.59. The van der Waals surface area contributed by atoms with Gasteiger partial charge < -0.3 is 13.9 Å². The molecule has 0 saturated carbocycles. The van der Waals surface area contributed by atoms with Crippen LogP contribution >= 0.6 is 0 Å². The van der Waals surface area contributed by atoms with E-state index < -0.39 is 25.3 Å². The quantitative estimate of drug-likeness (QED) is 0.475. The van der Waals surface area contributed by atoms with E-state index in [4.69, 9.17) is 0 Å². The standard InChI is InChI=1S/C3H3F5.C3H6FO.C2H5FO.2CH4.Y/c1-2(4,5)3(6,7)8;1-3(4)5-2;1-4-2-3;;;/h1H3;1-2H3;2H2,1H3;2*1H4;/q;-1;;;;. The van der Waals surface area contributed by atoms with Crippen molar-refractivity contribution in [3.63, 3.8) is 0 Å². The molecule has 0 aromatic rings. The summed E-state index contributed by atoms with van der Waals surface area (Å²) in [5, 5.41) is 0. The molecule has 0 bridgehead atoms. The summed E-state index contributed by atoms with van der Waals surface area (Å²) in [6.45, 7) is 0.382. The first-order valence-electron chi connectivity index (χ1n) is 3.96. The van der Waals surface area contributed by atoms with Crippen molar-refractivity contribution in [1.29, 1.82) is 0 Å². The molecule has 0 aliphatic rings. The van der Waals surface area contributed by atoms with Gasteiger partial charge in [0.2, 0.25) is 0 Å². The Morgan fingerprint density at radius 1 is 1.00 bits per heavy atom. The van der Waals surface area contributed by atoms with Crippen LogP contribution in [-0.2, 0) is 42.2 Å². The molecule has 0 aliphatic heterocycles. The average molecular weight is 396 g/mol. The normalized spacial score (nSPS) is 9.60. The van der Waals surface area contributed by atoms with Crippen molar-refractivity contribution >= 4 is 0 Å². The van der Waals surface area contributed by atoms with Gasteiger partial charge in [-0.1, -0.05) is 14.9 Å². The summed E-state index contributed by atoms with van der Waals surface area (Å²) >= 11 is 0. The molecule has 0 amide bonds. The van der Waals surface area contributed by atoms with Crippen LogP contribution in [0.3, 0.4) is 0 Å². The maximum Gasteiger partial charge on any atom is 0.452 e. The molecule has 20 heavy (non-hydrogen) atoms. The van der Waals surface area contributed by atoms with Crippen LogP contribution in [0.1, 0.15) is 28.7 Å². The third-order valence-electron chi connectivity index (χ3n) is 0.888. The molecule has 0 fully saturated rings. The van der Waals surface area contributed by atoms with Gasteiger partial charge in [0.25, 0.3) is 0 Å². The van der Waals surface area contributed by atoms with Crippen molar-refractivity contribution in [2.45, 2.75) is 40.8 Å². The van der Waals surface area contributed by atoms with Crippen molar-refractivity contribution in [3.8, 4) is 0 Å². The SMILES string of the molecule is C.C.CC(F)(F)C(F)(F)F.COCF.CO[C-](C)F.[Y].